The summed E-state index contributed by atoms with van der Waals surface area (Å²) in [4.78, 5) is 0. The van der Waals surface area contributed by atoms with Crippen LogP contribution in [0.25, 0.3) is 0 Å². The molecule has 0 amide bonds. The predicted molar refractivity (Wildman–Crippen MR) is 64.4 cm³/mol. The summed E-state index contributed by atoms with van der Waals surface area (Å²) >= 11 is 0. The highest BCUT2D eigenvalue weighted by atomic mass is 16.6. The van der Waals surface area contributed by atoms with Crippen LogP contribution in [-0.2, 0) is 23.7 Å². The van der Waals surface area contributed by atoms with Crippen molar-refractivity contribution in [1.29, 1.82) is 0 Å². The molecule has 0 fully saturated rings. The lowest BCUT2D eigenvalue weighted by molar-refractivity contribution is -0.000973. The Balaban J connectivity index is 0. The van der Waals surface area contributed by atoms with Gasteiger partial charge in [0.1, 0.15) is 0 Å². The van der Waals surface area contributed by atoms with E-state index >= 15 is 0 Å². The van der Waals surface area contributed by atoms with E-state index in [1.807, 2.05) is 0 Å². The average molecular weight is 254 g/mol. The zero-order valence-corrected chi connectivity index (χ0v) is 11.1. The highest BCUT2D eigenvalue weighted by molar-refractivity contribution is 4.33. The molecule has 0 spiro atoms. The maximum Gasteiger partial charge on any atom is 0.0701 e. The standard InChI is InChI=1S/C9H20O5.C2H6O/c1-11-4-5-13-8-9-14-7-6-12-3-2-10;1-3-2/h10H,2-9H2,1H3;1-2H3. The van der Waals surface area contributed by atoms with E-state index in [0.717, 1.165) is 0 Å². The van der Waals surface area contributed by atoms with Crippen molar-refractivity contribution >= 4 is 0 Å². The fraction of sp³-hybridized carbons (Fsp3) is 1.00. The Bertz CT molecular complexity index is 100. The number of hydrogen-bond donors (Lipinski definition) is 1. The van der Waals surface area contributed by atoms with E-state index in [4.69, 9.17) is 24.1 Å². The van der Waals surface area contributed by atoms with E-state index in [0.29, 0.717) is 46.2 Å². The van der Waals surface area contributed by atoms with Gasteiger partial charge in [0.2, 0.25) is 0 Å². The van der Waals surface area contributed by atoms with Crippen LogP contribution in [0.2, 0.25) is 0 Å². The normalized spacial score (nSPS) is 9.88. The third-order valence-corrected chi connectivity index (χ3v) is 1.41. The topological polar surface area (TPSA) is 66.4 Å². The SMILES string of the molecule is COC.COCCOCCOCCOCCO. The van der Waals surface area contributed by atoms with Gasteiger partial charge in [-0.15, -0.1) is 0 Å². The average Bonchev–Trinajstić information content (AvgIpc) is 2.33. The summed E-state index contributed by atoms with van der Waals surface area (Å²) in [6, 6.07) is 0. The molecule has 0 aliphatic heterocycles. The van der Waals surface area contributed by atoms with Crippen molar-refractivity contribution < 1.29 is 28.8 Å². The number of methoxy groups -OCH3 is 2. The molecule has 0 aromatic carbocycles. The second kappa shape index (κ2) is 21.1. The number of aliphatic hydroxyl groups is 1. The molecule has 0 saturated carbocycles. The van der Waals surface area contributed by atoms with Gasteiger partial charge in [-0.1, -0.05) is 0 Å². The first kappa shape index (κ1) is 19.1. The first-order valence-corrected chi connectivity index (χ1v) is 5.56. The van der Waals surface area contributed by atoms with Crippen molar-refractivity contribution in [1.82, 2.24) is 0 Å². The molecule has 1 N–H and O–H groups in total. The molecule has 6 nitrogen and oxygen atoms in total. The van der Waals surface area contributed by atoms with E-state index in [1.165, 1.54) is 0 Å². The largest absolute Gasteiger partial charge is 0.394 e. The van der Waals surface area contributed by atoms with Crippen LogP contribution in [0.3, 0.4) is 0 Å². The molecular weight excluding hydrogens is 228 g/mol. The molecule has 0 aliphatic carbocycles. The van der Waals surface area contributed by atoms with Crippen molar-refractivity contribution in [3.63, 3.8) is 0 Å². The summed E-state index contributed by atoms with van der Waals surface area (Å²) in [5.74, 6) is 0. The molecule has 106 valence electrons. The number of aliphatic hydroxyl groups excluding tert-OH is 1. The van der Waals surface area contributed by atoms with Gasteiger partial charge < -0.3 is 28.8 Å². The summed E-state index contributed by atoms with van der Waals surface area (Å²) in [6.45, 7) is 3.82. The first-order chi connectivity index (χ1) is 8.33. The van der Waals surface area contributed by atoms with E-state index in [1.54, 1.807) is 21.3 Å². The molecule has 0 saturated heterocycles. The minimum absolute atomic E-state index is 0.0557. The van der Waals surface area contributed by atoms with Gasteiger partial charge in [-0.2, -0.15) is 0 Å². The van der Waals surface area contributed by atoms with Gasteiger partial charge in [-0.05, 0) is 0 Å². The summed E-state index contributed by atoms with van der Waals surface area (Å²) < 4.78 is 24.4. The Kier molecular flexibility index (Phi) is 23.7. The summed E-state index contributed by atoms with van der Waals surface area (Å²) in [7, 11) is 4.89. The molecule has 0 bridgehead atoms. The fourth-order valence-corrected chi connectivity index (χ4v) is 0.749. The lowest BCUT2D eigenvalue weighted by Crippen LogP contribution is -2.12. The molecule has 0 aromatic rings. The summed E-state index contributed by atoms with van der Waals surface area (Å²) in [6.07, 6.45) is 0. The van der Waals surface area contributed by atoms with E-state index in [2.05, 4.69) is 4.74 Å². The second-order valence-electron chi connectivity index (χ2n) is 2.96. The molecule has 0 atom stereocenters. The van der Waals surface area contributed by atoms with Crippen molar-refractivity contribution in [2.45, 2.75) is 0 Å². The minimum atomic E-state index is 0.0557. The monoisotopic (exact) mass is 254 g/mol. The predicted octanol–water partition coefficient (Wildman–Crippen LogP) is -0.0625. The molecule has 0 heterocycles. The van der Waals surface area contributed by atoms with E-state index < -0.39 is 0 Å². The van der Waals surface area contributed by atoms with Crippen LogP contribution in [0.1, 0.15) is 0 Å². The molecule has 0 rings (SSSR count). The van der Waals surface area contributed by atoms with Crippen molar-refractivity contribution in [2.24, 2.45) is 0 Å². The number of rotatable bonds is 11. The zero-order valence-electron chi connectivity index (χ0n) is 11.1. The minimum Gasteiger partial charge on any atom is -0.394 e. The van der Waals surface area contributed by atoms with Crippen molar-refractivity contribution in [2.75, 3.05) is 74.2 Å². The van der Waals surface area contributed by atoms with Crippen LogP contribution in [0.4, 0.5) is 0 Å². The first-order valence-electron chi connectivity index (χ1n) is 5.56. The van der Waals surface area contributed by atoms with Crippen LogP contribution in [0.5, 0.6) is 0 Å². The van der Waals surface area contributed by atoms with Gasteiger partial charge in [0, 0.05) is 21.3 Å². The molecule has 0 aromatic heterocycles. The van der Waals surface area contributed by atoms with E-state index in [-0.39, 0.29) is 6.61 Å². The lowest BCUT2D eigenvalue weighted by atomic mass is 10.7. The third-order valence-electron chi connectivity index (χ3n) is 1.41. The van der Waals surface area contributed by atoms with Crippen LogP contribution in [0, 0.1) is 0 Å². The van der Waals surface area contributed by atoms with Crippen molar-refractivity contribution in [3.8, 4) is 0 Å². The molecular formula is C11H26O6. The Morgan fingerprint density at radius 1 is 0.647 bits per heavy atom. The zero-order chi connectivity index (χ0) is 13.2. The Hall–Kier alpha value is -0.240. The van der Waals surface area contributed by atoms with Gasteiger partial charge in [0.15, 0.2) is 0 Å². The Labute approximate surface area is 104 Å². The highest BCUT2D eigenvalue weighted by Gasteiger charge is 1.90. The Morgan fingerprint density at radius 2 is 1.00 bits per heavy atom. The fourth-order valence-electron chi connectivity index (χ4n) is 0.749. The summed E-state index contributed by atoms with van der Waals surface area (Å²) in [5.41, 5.74) is 0. The summed E-state index contributed by atoms with van der Waals surface area (Å²) in [5, 5.41) is 8.39. The molecule has 6 heteroatoms. The highest BCUT2D eigenvalue weighted by Crippen LogP contribution is 1.81. The van der Waals surface area contributed by atoms with Gasteiger partial charge >= 0.3 is 0 Å². The molecule has 17 heavy (non-hydrogen) atoms. The third kappa shape index (κ3) is 25.8. The van der Waals surface area contributed by atoms with Crippen molar-refractivity contribution in [3.05, 3.63) is 0 Å². The lowest BCUT2D eigenvalue weighted by Gasteiger charge is -2.05. The molecule has 0 radical (unpaired) electrons. The number of hydrogen-bond acceptors (Lipinski definition) is 6. The van der Waals surface area contributed by atoms with Crippen LogP contribution >= 0.6 is 0 Å². The molecule has 0 aliphatic rings. The van der Waals surface area contributed by atoms with Crippen LogP contribution in [0.15, 0.2) is 0 Å². The Morgan fingerprint density at radius 3 is 1.35 bits per heavy atom. The quantitative estimate of drug-likeness (QED) is 0.521. The smallest absolute Gasteiger partial charge is 0.0701 e. The van der Waals surface area contributed by atoms with E-state index in [9.17, 15) is 0 Å². The van der Waals surface area contributed by atoms with Gasteiger partial charge in [0.25, 0.3) is 0 Å². The van der Waals surface area contributed by atoms with Crippen LogP contribution in [-0.4, -0.2) is 79.3 Å². The van der Waals surface area contributed by atoms with Gasteiger partial charge in [-0.3, -0.25) is 0 Å². The van der Waals surface area contributed by atoms with Gasteiger partial charge in [0.05, 0.1) is 52.9 Å². The van der Waals surface area contributed by atoms with Gasteiger partial charge in [-0.25, -0.2) is 0 Å². The van der Waals surface area contributed by atoms with Crippen LogP contribution < -0.4 is 0 Å². The molecule has 0 unspecified atom stereocenters. The number of ether oxygens (including phenoxy) is 5. The second-order valence-corrected chi connectivity index (χ2v) is 2.96. The maximum absolute atomic E-state index is 8.39. The maximum atomic E-state index is 8.39.